The SMILES string of the molecule is [2H]C([2H])([2H])c1c(C(C)(C)C)c(-c2cccc([Si](c3ccccc3)(c3ccccc3)c3cccc(-c4cc(C)c5nc6sc7ccccc7n6c5c4C(C)(C)C)c3)c2)cc2c1nc1sc3ccccc3n12. The maximum absolute atomic E-state index is 9.15. The molecular weight excluding hydrogens is 869 g/mol. The van der Waals surface area contributed by atoms with Crippen LogP contribution in [0.1, 0.15) is 67.9 Å². The van der Waals surface area contributed by atoms with E-state index in [1.54, 1.807) is 22.7 Å². The van der Waals surface area contributed by atoms with Crippen LogP contribution in [0.4, 0.5) is 0 Å². The van der Waals surface area contributed by atoms with E-state index in [2.05, 4.69) is 215 Å². The maximum Gasteiger partial charge on any atom is 0.195 e. The van der Waals surface area contributed by atoms with Crippen molar-refractivity contribution < 1.29 is 4.11 Å². The van der Waals surface area contributed by atoms with Gasteiger partial charge in [0.25, 0.3) is 0 Å². The molecule has 0 aliphatic carbocycles. The molecule has 0 N–H and O–H groups in total. The van der Waals surface area contributed by atoms with E-state index in [4.69, 9.17) is 14.1 Å². The molecule has 12 aromatic rings. The predicted octanol–water partition coefficient (Wildman–Crippen LogP) is 13.6. The standard InChI is InChI=1S/C60H52N4S2Si/c1-37-33-45(53(60(6,7)8)56-54(37)61-58-64(56)48-30-16-18-32-51(48)66-58)39-21-19-27-43(34-39)67(41-23-11-9-12-24-41,42-25-13-10-14-26-42)44-28-20-22-40(35-44)46-36-49-55(38(2)52(46)59(3,4)5)62-57-63(49)47-29-15-17-31-50(47)65-57/h9-36H,1-8H3/i2D3. The van der Waals surface area contributed by atoms with E-state index in [0.717, 1.165) is 59.0 Å². The molecule has 0 bridgehead atoms. The molecule has 67 heavy (non-hydrogen) atoms. The van der Waals surface area contributed by atoms with Crippen LogP contribution in [0.15, 0.2) is 170 Å². The van der Waals surface area contributed by atoms with Gasteiger partial charge in [0.15, 0.2) is 18.0 Å². The van der Waals surface area contributed by atoms with E-state index in [0.29, 0.717) is 11.1 Å². The van der Waals surface area contributed by atoms with Crippen molar-refractivity contribution in [3.63, 3.8) is 0 Å². The highest BCUT2D eigenvalue weighted by Crippen LogP contribution is 2.44. The lowest BCUT2D eigenvalue weighted by Gasteiger charge is -2.35. The lowest BCUT2D eigenvalue weighted by Crippen LogP contribution is -2.74. The van der Waals surface area contributed by atoms with Gasteiger partial charge in [-0.15, -0.1) is 0 Å². The third-order valence-electron chi connectivity index (χ3n) is 13.7. The number of fused-ring (bicyclic) bond motifs is 10. The van der Waals surface area contributed by atoms with Crippen LogP contribution in [0.2, 0.25) is 0 Å². The van der Waals surface area contributed by atoms with Gasteiger partial charge in [0.1, 0.15) is 0 Å². The summed E-state index contributed by atoms with van der Waals surface area (Å²) in [5.74, 6) is 0. The number of rotatable bonds is 6. The van der Waals surface area contributed by atoms with Crippen LogP contribution in [-0.2, 0) is 10.8 Å². The molecule has 0 aliphatic rings. The molecule has 0 spiro atoms. The average molecular weight is 924 g/mol. The van der Waals surface area contributed by atoms with E-state index in [1.807, 2.05) is 12.1 Å². The van der Waals surface area contributed by atoms with Gasteiger partial charge in [-0.05, 0) is 126 Å². The van der Waals surface area contributed by atoms with Crippen LogP contribution in [0.3, 0.4) is 0 Å². The maximum atomic E-state index is 9.15. The fourth-order valence-corrected chi connectivity index (χ4v) is 17.9. The Balaban J connectivity index is 1.16. The summed E-state index contributed by atoms with van der Waals surface area (Å²) in [6.07, 6.45) is 0. The van der Waals surface area contributed by atoms with Crippen molar-refractivity contribution in [2.45, 2.75) is 66.1 Å². The summed E-state index contributed by atoms with van der Waals surface area (Å²) in [6, 6.07) is 62.1. The van der Waals surface area contributed by atoms with E-state index in [9.17, 15) is 0 Å². The summed E-state index contributed by atoms with van der Waals surface area (Å²) in [5.41, 5.74) is 12.8. The van der Waals surface area contributed by atoms with Crippen molar-refractivity contribution >= 4 is 104 Å². The van der Waals surface area contributed by atoms with E-state index >= 15 is 0 Å². The summed E-state index contributed by atoms with van der Waals surface area (Å²) in [7, 11) is -3.18. The van der Waals surface area contributed by atoms with E-state index < -0.39 is 20.3 Å². The number of para-hydroxylation sites is 2. The molecule has 0 fully saturated rings. The Kier molecular flexibility index (Phi) is 8.72. The number of hydrogen-bond acceptors (Lipinski definition) is 4. The molecule has 12 rings (SSSR count). The van der Waals surface area contributed by atoms with Crippen LogP contribution < -0.4 is 20.7 Å². The second-order valence-corrected chi connectivity index (χ2v) is 25.9. The van der Waals surface area contributed by atoms with E-state index in [1.165, 1.54) is 47.6 Å². The van der Waals surface area contributed by atoms with Gasteiger partial charge in [0.2, 0.25) is 0 Å². The van der Waals surface area contributed by atoms with E-state index in [-0.39, 0.29) is 5.41 Å². The minimum Gasteiger partial charge on any atom is -0.283 e. The zero-order chi connectivity index (χ0) is 48.5. The Morgan fingerprint density at radius 2 is 0.955 bits per heavy atom. The topological polar surface area (TPSA) is 34.6 Å². The fraction of sp³-hybridized carbons (Fsp3) is 0.167. The number of nitrogens with zero attached hydrogens (tertiary/aromatic N) is 4. The highest BCUT2D eigenvalue weighted by atomic mass is 32.1. The smallest absolute Gasteiger partial charge is 0.195 e. The van der Waals surface area contributed by atoms with Gasteiger partial charge in [0, 0.05) is 4.11 Å². The van der Waals surface area contributed by atoms with Gasteiger partial charge >= 0.3 is 0 Å². The first-order valence-electron chi connectivity index (χ1n) is 24.6. The molecule has 0 amide bonds. The van der Waals surface area contributed by atoms with Crippen molar-refractivity contribution in [3.8, 4) is 22.3 Å². The van der Waals surface area contributed by atoms with Crippen LogP contribution in [0.5, 0.6) is 0 Å². The van der Waals surface area contributed by atoms with Crippen LogP contribution in [0.25, 0.3) is 74.7 Å². The minimum absolute atomic E-state index is 0.228. The zero-order valence-corrected chi connectivity index (χ0v) is 41.4. The van der Waals surface area contributed by atoms with Gasteiger partial charge < -0.3 is 0 Å². The van der Waals surface area contributed by atoms with Crippen molar-refractivity contribution in [1.82, 2.24) is 18.8 Å². The summed E-state index contributed by atoms with van der Waals surface area (Å²) in [4.78, 5) is 12.2. The number of thiazole rings is 2. The predicted molar refractivity (Wildman–Crippen MR) is 291 cm³/mol. The monoisotopic (exact) mass is 923 g/mol. The minimum atomic E-state index is -3.18. The van der Waals surface area contributed by atoms with Gasteiger partial charge in [0.05, 0.1) is 42.5 Å². The molecule has 7 heteroatoms. The average Bonchev–Trinajstić information content (AvgIpc) is 4.09. The quantitative estimate of drug-likeness (QED) is 0.123. The molecule has 4 heterocycles. The first kappa shape index (κ1) is 38.5. The molecule has 0 radical (unpaired) electrons. The Morgan fingerprint density at radius 3 is 1.51 bits per heavy atom. The first-order valence-corrected chi connectivity index (χ1v) is 26.7. The largest absolute Gasteiger partial charge is 0.283 e. The fourth-order valence-electron chi connectivity index (χ4n) is 11.0. The van der Waals surface area contributed by atoms with Crippen molar-refractivity contribution in [1.29, 1.82) is 0 Å². The third-order valence-corrected chi connectivity index (χ3v) is 20.5. The van der Waals surface area contributed by atoms with Crippen molar-refractivity contribution in [2.24, 2.45) is 0 Å². The van der Waals surface area contributed by atoms with Gasteiger partial charge in [-0.2, -0.15) is 0 Å². The molecule has 8 aromatic carbocycles. The molecule has 0 atom stereocenters. The lowest BCUT2D eigenvalue weighted by atomic mass is 9.78. The molecule has 0 saturated heterocycles. The second-order valence-electron chi connectivity index (χ2n) is 20.1. The van der Waals surface area contributed by atoms with Crippen LogP contribution in [-0.4, -0.2) is 26.8 Å². The second kappa shape index (κ2) is 15.2. The molecule has 328 valence electrons. The number of hydrogen-bond donors (Lipinski definition) is 0. The first-order chi connectivity index (χ1) is 33.5. The summed E-state index contributed by atoms with van der Waals surface area (Å²) in [5, 5.41) is 4.99. The normalized spacial score (nSPS) is 13.6. The lowest BCUT2D eigenvalue weighted by molar-refractivity contribution is 0.589. The summed E-state index contributed by atoms with van der Waals surface area (Å²) >= 11 is 3.34. The highest BCUT2D eigenvalue weighted by Gasteiger charge is 2.42. The molecule has 4 nitrogen and oxygen atoms in total. The van der Waals surface area contributed by atoms with Gasteiger partial charge in [-0.3, -0.25) is 8.80 Å². The van der Waals surface area contributed by atoms with Gasteiger partial charge in [-0.1, -0.05) is 198 Å². The Hall–Kier alpha value is -6.64. The molecule has 0 saturated carbocycles. The number of aromatic nitrogens is 4. The Morgan fingerprint density at radius 1 is 0.478 bits per heavy atom. The summed E-state index contributed by atoms with van der Waals surface area (Å²) in [6.45, 7) is 13.1. The zero-order valence-electron chi connectivity index (χ0n) is 41.8. The number of benzene rings is 8. The van der Waals surface area contributed by atoms with Crippen molar-refractivity contribution in [2.75, 3.05) is 0 Å². The Labute approximate surface area is 405 Å². The molecule has 4 aromatic heterocycles. The number of aryl methyl sites for hydroxylation is 2. The van der Waals surface area contributed by atoms with Crippen LogP contribution >= 0.6 is 22.7 Å². The van der Waals surface area contributed by atoms with Crippen molar-refractivity contribution in [3.05, 3.63) is 192 Å². The molecular formula is C60H52N4S2Si. The summed E-state index contributed by atoms with van der Waals surface area (Å²) < 4.78 is 34.3. The Bertz CT molecular complexity index is 4000. The highest BCUT2D eigenvalue weighted by molar-refractivity contribution is 7.24. The molecule has 0 unspecified atom stereocenters. The van der Waals surface area contributed by atoms with Crippen LogP contribution in [0, 0.1) is 13.8 Å². The van der Waals surface area contributed by atoms with Gasteiger partial charge in [-0.25, -0.2) is 9.97 Å². The number of imidazole rings is 2. The molecule has 0 aliphatic heterocycles. The third kappa shape index (κ3) is 6.35.